The number of hydrogen-bond donors (Lipinski definition) is 2. The van der Waals surface area contributed by atoms with Crippen LogP contribution in [0.1, 0.15) is 73.1 Å². The minimum atomic E-state index is -0.727. The van der Waals surface area contributed by atoms with Gasteiger partial charge in [0.25, 0.3) is 0 Å². The first-order valence-electron chi connectivity index (χ1n) is 17.9. The van der Waals surface area contributed by atoms with Gasteiger partial charge in [0.15, 0.2) is 6.29 Å². The highest BCUT2D eigenvalue weighted by Crippen LogP contribution is 2.68. The van der Waals surface area contributed by atoms with E-state index in [0.29, 0.717) is 37.7 Å². The summed E-state index contributed by atoms with van der Waals surface area (Å²) < 4.78 is 35.8. The number of amides is 2. The molecule has 0 radical (unpaired) electrons. The summed E-state index contributed by atoms with van der Waals surface area (Å²) in [5, 5.41) is 5.41. The summed E-state index contributed by atoms with van der Waals surface area (Å²) in [7, 11) is 2.84. The average Bonchev–Trinajstić information content (AvgIpc) is 3.42. The zero-order valence-corrected chi connectivity index (χ0v) is 30.0. The van der Waals surface area contributed by atoms with E-state index in [9.17, 15) is 14.4 Å². The molecule has 11 heteroatoms. The molecule has 10 atom stereocenters. The van der Waals surface area contributed by atoms with Gasteiger partial charge < -0.3 is 33.7 Å². The Hall–Kier alpha value is -3.31. The Bertz CT molecular complexity index is 1410. The summed E-state index contributed by atoms with van der Waals surface area (Å²) >= 11 is 0. The third-order valence-corrected chi connectivity index (χ3v) is 12.7. The molecule has 5 aliphatic rings. The van der Waals surface area contributed by atoms with Crippen molar-refractivity contribution < 1.29 is 42.8 Å². The second-order valence-electron chi connectivity index (χ2n) is 16.1. The number of hydrogen-bond acceptors (Lipinski definition) is 9. The fourth-order valence-electron chi connectivity index (χ4n) is 10.3. The maximum Gasteiger partial charge on any atom is 0.508 e. The van der Waals surface area contributed by atoms with E-state index < -0.39 is 42.1 Å². The smallest absolute Gasteiger partial charge is 0.446 e. The third kappa shape index (κ3) is 6.77. The molecule has 0 bridgehead atoms. The molecular weight excluding hydrogens is 628 g/mol. The third-order valence-electron chi connectivity index (χ3n) is 12.7. The number of anilines is 1. The van der Waals surface area contributed by atoms with Crippen LogP contribution in [0, 0.1) is 45.8 Å². The second-order valence-corrected chi connectivity index (χ2v) is 16.1. The first kappa shape index (κ1) is 35.5. The molecular formula is C38H54N2O9. The Morgan fingerprint density at radius 3 is 2.31 bits per heavy atom. The van der Waals surface area contributed by atoms with Crippen LogP contribution in [0.3, 0.4) is 0 Å². The zero-order valence-electron chi connectivity index (χ0n) is 30.0. The van der Waals surface area contributed by atoms with E-state index >= 15 is 0 Å². The standard InChI is InChI=1S/C38H54N2O9/c1-22(32-45-20-36(2,3)21-46-32)26-13-14-27-31-28(15-16-37(26,27)4)38(5)23(18-29(31)48-35(43)44-7)17-25(47-33(41)39-6)19-30(38)49-34(42)40-24-11-9-8-10-12-24/h8-12,18,22,25-32H,13-17,19-21H2,1-7H3,(H,39,41)(H,40,42)/t22?,25-,26-,27+,28+,29-,30+,31+,37-,38+/m1/s1. The van der Waals surface area contributed by atoms with Crippen molar-refractivity contribution in [3.05, 3.63) is 42.0 Å². The van der Waals surface area contributed by atoms with Gasteiger partial charge in [-0.25, -0.2) is 14.4 Å². The lowest BCUT2D eigenvalue weighted by molar-refractivity contribution is -0.253. The number of alkyl carbamates (subject to hydrolysis) is 1. The number of rotatable bonds is 6. The summed E-state index contributed by atoms with van der Waals surface area (Å²) in [6, 6.07) is 9.19. The second kappa shape index (κ2) is 13.8. The predicted molar refractivity (Wildman–Crippen MR) is 182 cm³/mol. The van der Waals surface area contributed by atoms with Gasteiger partial charge in [-0.2, -0.15) is 0 Å². The molecule has 2 amide bonds. The van der Waals surface area contributed by atoms with Crippen molar-refractivity contribution in [3.63, 3.8) is 0 Å². The van der Waals surface area contributed by atoms with Gasteiger partial charge in [-0.3, -0.25) is 5.32 Å². The number of carbonyl (C=O) groups excluding carboxylic acids is 3. The van der Waals surface area contributed by atoms with Gasteiger partial charge in [0.2, 0.25) is 0 Å². The van der Waals surface area contributed by atoms with Gasteiger partial charge in [-0.05, 0) is 67.1 Å². The number of carbonyl (C=O) groups is 3. The maximum atomic E-state index is 13.5. The molecule has 1 aliphatic heterocycles. The summed E-state index contributed by atoms with van der Waals surface area (Å²) in [4.78, 5) is 38.6. The van der Waals surface area contributed by atoms with Gasteiger partial charge in [0.05, 0.1) is 20.3 Å². The number of ether oxygens (including phenoxy) is 6. The van der Waals surface area contributed by atoms with Gasteiger partial charge in [-0.15, -0.1) is 0 Å². The maximum absolute atomic E-state index is 13.5. The van der Waals surface area contributed by atoms with E-state index in [1.54, 1.807) is 0 Å². The highest BCUT2D eigenvalue weighted by Gasteiger charge is 2.65. The highest BCUT2D eigenvalue weighted by atomic mass is 16.7. The van der Waals surface area contributed by atoms with Crippen LogP contribution in [0.4, 0.5) is 20.1 Å². The molecule has 4 fully saturated rings. The van der Waals surface area contributed by atoms with E-state index in [-0.39, 0.29) is 40.8 Å². The van der Waals surface area contributed by atoms with Crippen molar-refractivity contribution >= 4 is 24.0 Å². The van der Waals surface area contributed by atoms with Crippen molar-refractivity contribution in [1.82, 2.24) is 5.32 Å². The van der Waals surface area contributed by atoms with Gasteiger partial charge in [0, 0.05) is 48.2 Å². The average molecular weight is 683 g/mol. The predicted octanol–water partition coefficient (Wildman–Crippen LogP) is 7.31. The summed E-state index contributed by atoms with van der Waals surface area (Å²) in [5.41, 5.74) is 0.976. The molecule has 2 N–H and O–H groups in total. The fourth-order valence-corrected chi connectivity index (χ4v) is 10.3. The molecule has 1 heterocycles. The molecule has 1 aromatic rings. The SMILES string of the molecule is CNC(=O)O[C@@H]1CC2=C[C@@H](OC(=O)OC)[C@H]3[C@@H]4CC[C@H](C(C)C5OCC(C)(C)CO5)[C@@]4(C)CC[C@@H]3[C@@]2(C)[C@@H](OC(=O)Nc2ccccc2)C1. The Morgan fingerprint density at radius 2 is 1.63 bits per heavy atom. The van der Waals surface area contributed by atoms with E-state index in [2.05, 4.69) is 45.3 Å². The summed E-state index contributed by atoms with van der Waals surface area (Å²) in [5.74, 6) is 0.801. The van der Waals surface area contributed by atoms with Crippen molar-refractivity contribution in [1.29, 1.82) is 0 Å². The number of nitrogens with one attached hydrogen (secondary N) is 2. The molecule has 4 aliphatic carbocycles. The minimum absolute atomic E-state index is 0.00256. The Balaban J connectivity index is 1.33. The monoisotopic (exact) mass is 682 g/mol. The van der Waals surface area contributed by atoms with Crippen LogP contribution in [0.2, 0.25) is 0 Å². The normalized spacial score (nSPS) is 37.2. The minimum Gasteiger partial charge on any atom is -0.446 e. The fraction of sp³-hybridized carbons (Fsp3) is 0.711. The van der Waals surface area contributed by atoms with Crippen molar-refractivity contribution in [2.45, 2.75) is 97.7 Å². The van der Waals surface area contributed by atoms with Crippen LogP contribution in [0.25, 0.3) is 0 Å². The molecule has 270 valence electrons. The van der Waals surface area contributed by atoms with E-state index in [1.165, 1.54) is 14.2 Å². The lowest BCUT2D eigenvalue weighted by atomic mass is 9.45. The Morgan fingerprint density at radius 1 is 0.918 bits per heavy atom. The first-order chi connectivity index (χ1) is 23.3. The molecule has 3 saturated carbocycles. The van der Waals surface area contributed by atoms with E-state index in [0.717, 1.165) is 31.3 Å². The van der Waals surface area contributed by atoms with Crippen LogP contribution >= 0.6 is 0 Å². The van der Waals surface area contributed by atoms with E-state index in [4.69, 9.17) is 28.4 Å². The lowest BCUT2D eigenvalue weighted by Crippen LogP contribution is -2.60. The molecule has 0 spiro atoms. The summed E-state index contributed by atoms with van der Waals surface area (Å²) in [6.07, 6.45) is 2.92. The topological polar surface area (TPSA) is 131 Å². The first-order valence-corrected chi connectivity index (χ1v) is 17.9. The van der Waals surface area contributed by atoms with Gasteiger partial charge in [0.1, 0.15) is 18.3 Å². The van der Waals surface area contributed by atoms with Crippen LogP contribution in [-0.4, -0.2) is 70.3 Å². The summed E-state index contributed by atoms with van der Waals surface area (Å²) in [6.45, 7) is 12.5. The quantitative estimate of drug-likeness (QED) is 0.180. The van der Waals surface area contributed by atoms with Crippen LogP contribution in [0.5, 0.6) is 0 Å². The number of methoxy groups -OCH3 is 1. The zero-order chi connectivity index (χ0) is 35.1. The lowest BCUT2D eigenvalue weighted by Gasteiger charge is -2.61. The molecule has 1 unspecified atom stereocenters. The Kier molecular flexibility index (Phi) is 9.98. The van der Waals surface area contributed by atoms with Crippen molar-refractivity contribution in [3.8, 4) is 0 Å². The molecule has 11 nitrogen and oxygen atoms in total. The van der Waals surface area contributed by atoms with Crippen molar-refractivity contribution in [2.75, 3.05) is 32.7 Å². The number of fused-ring (bicyclic) bond motifs is 5. The largest absolute Gasteiger partial charge is 0.508 e. The molecule has 1 aromatic carbocycles. The van der Waals surface area contributed by atoms with Gasteiger partial charge >= 0.3 is 18.3 Å². The highest BCUT2D eigenvalue weighted by molar-refractivity contribution is 5.84. The van der Waals surface area contributed by atoms with Crippen LogP contribution in [-0.2, 0) is 28.4 Å². The number of benzene rings is 1. The number of para-hydroxylation sites is 1. The van der Waals surface area contributed by atoms with Gasteiger partial charge in [-0.1, -0.05) is 58.4 Å². The molecule has 6 rings (SSSR count). The molecule has 1 saturated heterocycles. The molecule has 0 aromatic heterocycles. The Labute approximate surface area is 290 Å². The van der Waals surface area contributed by atoms with Crippen molar-refractivity contribution in [2.24, 2.45) is 45.8 Å². The molecule has 49 heavy (non-hydrogen) atoms. The van der Waals surface area contributed by atoms with Crippen LogP contribution < -0.4 is 10.6 Å². The van der Waals surface area contributed by atoms with E-state index in [1.807, 2.05) is 36.4 Å². The van der Waals surface area contributed by atoms with Crippen LogP contribution in [0.15, 0.2) is 42.0 Å².